The molecule has 0 heterocycles. The highest BCUT2D eigenvalue weighted by Crippen LogP contribution is 2.46. The zero-order valence-electron chi connectivity index (χ0n) is 10.8. The number of rotatable bonds is 3. The Morgan fingerprint density at radius 3 is 2.28 bits per heavy atom. The van der Waals surface area contributed by atoms with Gasteiger partial charge in [-0.05, 0) is 36.5 Å². The van der Waals surface area contributed by atoms with Gasteiger partial charge in [0.1, 0.15) is 5.82 Å². The van der Waals surface area contributed by atoms with Crippen molar-refractivity contribution in [3.8, 4) is 0 Å². The molecular formula is C15H20FNO. The van der Waals surface area contributed by atoms with Crippen LogP contribution >= 0.6 is 0 Å². The van der Waals surface area contributed by atoms with Crippen LogP contribution in [0.3, 0.4) is 0 Å². The summed E-state index contributed by atoms with van der Waals surface area (Å²) in [6.45, 7) is 2.03. The number of carbonyl (C=O) groups excluding carboxylic acids is 1. The van der Waals surface area contributed by atoms with Gasteiger partial charge in [0.15, 0.2) is 0 Å². The summed E-state index contributed by atoms with van der Waals surface area (Å²) >= 11 is 0. The molecule has 1 aromatic carbocycles. The molecule has 0 bridgehead atoms. The minimum absolute atomic E-state index is 0.0518. The van der Waals surface area contributed by atoms with E-state index in [0.717, 1.165) is 31.2 Å². The summed E-state index contributed by atoms with van der Waals surface area (Å²) in [5, 5.41) is 0. The van der Waals surface area contributed by atoms with E-state index >= 15 is 0 Å². The smallest absolute Gasteiger partial charge is 0.224 e. The normalized spacial score (nSPS) is 20.3. The van der Waals surface area contributed by atoms with Crippen molar-refractivity contribution < 1.29 is 9.18 Å². The van der Waals surface area contributed by atoms with Gasteiger partial charge in [-0.2, -0.15) is 0 Å². The highest BCUT2D eigenvalue weighted by molar-refractivity contribution is 5.82. The predicted octanol–water partition coefficient (Wildman–Crippen LogP) is 3.37. The first-order chi connectivity index (χ1) is 8.56. The Kier molecular flexibility index (Phi) is 3.69. The van der Waals surface area contributed by atoms with Crippen LogP contribution in [-0.2, 0) is 4.79 Å². The van der Waals surface area contributed by atoms with Crippen molar-refractivity contribution in [3.05, 3.63) is 35.6 Å². The predicted molar refractivity (Wildman–Crippen MR) is 69.5 cm³/mol. The molecule has 1 atom stereocenters. The number of amides is 1. The van der Waals surface area contributed by atoms with Crippen molar-refractivity contribution in [3.63, 3.8) is 0 Å². The van der Waals surface area contributed by atoms with E-state index in [9.17, 15) is 9.18 Å². The van der Waals surface area contributed by atoms with Gasteiger partial charge in [0.2, 0.25) is 5.91 Å². The molecule has 1 fully saturated rings. The Morgan fingerprint density at radius 2 is 1.78 bits per heavy atom. The van der Waals surface area contributed by atoms with Crippen molar-refractivity contribution in [1.82, 2.24) is 0 Å². The van der Waals surface area contributed by atoms with Crippen LogP contribution in [0.5, 0.6) is 0 Å². The average molecular weight is 249 g/mol. The van der Waals surface area contributed by atoms with Crippen LogP contribution in [0.2, 0.25) is 0 Å². The van der Waals surface area contributed by atoms with Crippen LogP contribution < -0.4 is 5.73 Å². The van der Waals surface area contributed by atoms with E-state index in [-0.39, 0.29) is 17.6 Å². The van der Waals surface area contributed by atoms with E-state index in [4.69, 9.17) is 5.73 Å². The van der Waals surface area contributed by atoms with Crippen molar-refractivity contribution in [2.24, 2.45) is 11.1 Å². The van der Waals surface area contributed by atoms with Crippen molar-refractivity contribution >= 4 is 5.91 Å². The van der Waals surface area contributed by atoms with Gasteiger partial charge in [-0.1, -0.05) is 38.3 Å². The minimum atomic E-state index is -0.448. The summed E-state index contributed by atoms with van der Waals surface area (Å²) in [6, 6.07) is 6.42. The lowest BCUT2D eigenvalue weighted by Gasteiger charge is -2.39. The molecule has 3 heteroatoms. The van der Waals surface area contributed by atoms with Gasteiger partial charge in [-0.3, -0.25) is 4.79 Å². The van der Waals surface area contributed by atoms with Crippen LogP contribution in [0.25, 0.3) is 0 Å². The molecule has 0 aliphatic heterocycles. The van der Waals surface area contributed by atoms with Crippen LogP contribution in [0, 0.1) is 11.2 Å². The molecule has 2 N–H and O–H groups in total. The van der Waals surface area contributed by atoms with Crippen LogP contribution in [-0.4, -0.2) is 5.91 Å². The molecule has 1 saturated carbocycles. The molecule has 2 nitrogen and oxygen atoms in total. The van der Waals surface area contributed by atoms with Crippen LogP contribution in [0.15, 0.2) is 24.3 Å². The van der Waals surface area contributed by atoms with Crippen molar-refractivity contribution in [2.75, 3.05) is 0 Å². The summed E-state index contributed by atoms with van der Waals surface area (Å²) in [5.41, 5.74) is 6.21. The Bertz CT molecular complexity index is 421. The van der Waals surface area contributed by atoms with Gasteiger partial charge in [-0.15, -0.1) is 0 Å². The topological polar surface area (TPSA) is 43.1 Å². The second-order valence-electron chi connectivity index (χ2n) is 5.35. The van der Waals surface area contributed by atoms with E-state index in [1.165, 1.54) is 18.6 Å². The van der Waals surface area contributed by atoms with E-state index in [0.29, 0.717) is 0 Å². The molecule has 0 radical (unpaired) electrons. The monoisotopic (exact) mass is 249 g/mol. The number of hydrogen-bond donors (Lipinski definition) is 1. The molecule has 2 rings (SSSR count). The van der Waals surface area contributed by atoms with Gasteiger partial charge in [-0.25, -0.2) is 4.39 Å². The summed E-state index contributed by atoms with van der Waals surface area (Å²) in [7, 11) is 0. The fourth-order valence-electron chi connectivity index (χ4n) is 3.15. The highest BCUT2D eigenvalue weighted by Gasteiger charge is 2.43. The second kappa shape index (κ2) is 5.09. The third-order valence-electron chi connectivity index (χ3n) is 4.44. The van der Waals surface area contributed by atoms with E-state index in [2.05, 4.69) is 0 Å². The Hall–Kier alpha value is -1.38. The molecule has 0 aromatic heterocycles. The Morgan fingerprint density at radius 1 is 1.22 bits per heavy atom. The lowest BCUT2D eigenvalue weighted by atomic mass is 9.64. The number of primary amides is 1. The standard InChI is InChI=1S/C15H20FNO/c1-11(12-5-7-13(16)8-6-12)15(14(17)18)9-3-2-4-10-15/h5-8,11H,2-4,9-10H2,1H3,(H2,17,18). The summed E-state index contributed by atoms with van der Waals surface area (Å²) < 4.78 is 13.0. The molecule has 1 aliphatic rings. The lowest BCUT2D eigenvalue weighted by Crippen LogP contribution is -2.42. The molecule has 1 aliphatic carbocycles. The summed E-state index contributed by atoms with van der Waals surface area (Å²) in [5.74, 6) is -0.405. The van der Waals surface area contributed by atoms with E-state index < -0.39 is 5.41 Å². The summed E-state index contributed by atoms with van der Waals surface area (Å²) in [4.78, 5) is 11.9. The van der Waals surface area contributed by atoms with Gasteiger partial charge in [0.25, 0.3) is 0 Å². The van der Waals surface area contributed by atoms with Gasteiger partial charge >= 0.3 is 0 Å². The number of halogens is 1. The maximum absolute atomic E-state index is 13.0. The van der Waals surface area contributed by atoms with Crippen molar-refractivity contribution in [1.29, 1.82) is 0 Å². The molecule has 1 aromatic rings. The first-order valence-electron chi connectivity index (χ1n) is 6.61. The number of carbonyl (C=O) groups is 1. The van der Waals surface area contributed by atoms with Gasteiger partial charge < -0.3 is 5.73 Å². The second-order valence-corrected chi connectivity index (χ2v) is 5.35. The number of benzene rings is 1. The highest BCUT2D eigenvalue weighted by atomic mass is 19.1. The fraction of sp³-hybridized carbons (Fsp3) is 0.533. The zero-order valence-corrected chi connectivity index (χ0v) is 10.8. The molecular weight excluding hydrogens is 229 g/mol. The van der Waals surface area contributed by atoms with Gasteiger partial charge in [0.05, 0.1) is 5.41 Å². The molecule has 0 saturated heterocycles. The lowest BCUT2D eigenvalue weighted by molar-refractivity contribution is -0.130. The molecule has 18 heavy (non-hydrogen) atoms. The maximum Gasteiger partial charge on any atom is 0.224 e. The van der Waals surface area contributed by atoms with Gasteiger partial charge in [0, 0.05) is 0 Å². The number of hydrogen-bond acceptors (Lipinski definition) is 1. The maximum atomic E-state index is 13.0. The van der Waals surface area contributed by atoms with Crippen LogP contribution in [0.4, 0.5) is 4.39 Å². The third-order valence-corrected chi connectivity index (χ3v) is 4.44. The van der Waals surface area contributed by atoms with E-state index in [1.54, 1.807) is 12.1 Å². The quantitative estimate of drug-likeness (QED) is 0.877. The average Bonchev–Trinajstić information content (AvgIpc) is 2.39. The summed E-state index contributed by atoms with van der Waals surface area (Å²) in [6.07, 6.45) is 4.97. The first kappa shape index (κ1) is 13.1. The SMILES string of the molecule is CC(c1ccc(F)cc1)C1(C(N)=O)CCCCC1. The van der Waals surface area contributed by atoms with Crippen molar-refractivity contribution in [2.45, 2.75) is 44.9 Å². The Balaban J connectivity index is 2.30. The molecule has 1 amide bonds. The number of nitrogens with two attached hydrogens (primary N) is 1. The fourth-order valence-corrected chi connectivity index (χ4v) is 3.15. The Labute approximate surface area is 107 Å². The molecule has 98 valence electrons. The van der Waals surface area contributed by atoms with Crippen LogP contribution in [0.1, 0.15) is 50.5 Å². The minimum Gasteiger partial charge on any atom is -0.369 e. The molecule has 0 spiro atoms. The molecule has 1 unspecified atom stereocenters. The third kappa shape index (κ3) is 2.26. The largest absolute Gasteiger partial charge is 0.369 e. The first-order valence-corrected chi connectivity index (χ1v) is 6.61. The van der Waals surface area contributed by atoms with E-state index in [1.807, 2.05) is 6.92 Å². The zero-order chi connectivity index (χ0) is 13.2.